The second-order valence-corrected chi connectivity index (χ2v) is 5.85. The van der Waals surface area contributed by atoms with Gasteiger partial charge in [0.1, 0.15) is 5.02 Å². The first-order valence-electron chi connectivity index (χ1n) is 4.79. The van der Waals surface area contributed by atoms with Gasteiger partial charge in [-0.3, -0.25) is 10.1 Å². The molecule has 0 heterocycles. The molecular formula is C9H12ClN3O4S. The van der Waals surface area contributed by atoms with Crippen LogP contribution in [0.25, 0.3) is 0 Å². The maximum Gasteiger partial charge on any atom is 0.289 e. The summed E-state index contributed by atoms with van der Waals surface area (Å²) in [4.78, 5) is 12.0. The SMILES string of the molecule is Cc1cc(Cl)c([N+](=O)[O-])cc1S(=O)(=O)NN(C)C. The lowest BCUT2D eigenvalue weighted by molar-refractivity contribution is -0.384. The molecule has 0 aromatic heterocycles. The van der Waals surface area contributed by atoms with Gasteiger partial charge in [-0.05, 0) is 18.6 Å². The number of sulfonamides is 1. The monoisotopic (exact) mass is 293 g/mol. The van der Waals surface area contributed by atoms with Gasteiger partial charge in [-0.15, -0.1) is 4.83 Å². The van der Waals surface area contributed by atoms with Gasteiger partial charge in [-0.2, -0.15) is 0 Å². The third kappa shape index (κ3) is 3.16. The molecule has 100 valence electrons. The fourth-order valence-electron chi connectivity index (χ4n) is 1.36. The Labute approximate surface area is 110 Å². The highest BCUT2D eigenvalue weighted by atomic mass is 35.5. The summed E-state index contributed by atoms with van der Waals surface area (Å²) in [7, 11) is -0.856. The van der Waals surface area contributed by atoms with E-state index < -0.39 is 20.6 Å². The number of benzene rings is 1. The molecular weight excluding hydrogens is 282 g/mol. The Bertz CT molecular complexity index is 586. The van der Waals surface area contributed by atoms with Crippen LogP contribution in [0.5, 0.6) is 0 Å². The first-order chi connectivity index (χ1) is 8.15. The van der Waals surface area contributed by atoms with Crippen LogP contribution in [0, 0.1) is 17.0 Å². The summed E-state index contributed by atoms with van der Waals surface area (Å²) >= 11 is 5.68. The zero-order valence-electron chi connectivity index (χ0n) is 9.97. The maximum absolute atomic E-state index is 11.9. The molecule has 0 saturated carbocycles. The molecule has 1 rings (SSSR count). The molecule has 0 amide bonds. The van der Waals surface area contributed by atoms with E-state index in [0.717, 1.165) is 6.07 Å². The lowest BCUT2D eigenvalue weighted by atomic mass is 10.2. The number of halogens is 1. The minimum absolute atomic E-state index is 0.0960. The summed E-state index contributed by atoms with van der Waals surface area (Å²) in [6, 6.07) is 2.20. The average Bonchev–Trinajstić information content (AvgIpc) is 2.13. The van der Waals surface area contributed by atoms with E-state index in [0.29, 0.717) is 5.56 Å². The van der Waals surface area contributed by atoms with Crippen molar-refractivity contribution in [2.24, 2.45) is 0 Å². The summed E-state index contributed by atoms with van der Waals surface area (Å²) in [5.74, 6) is 0. The van der Waals surface area contributed by atoms with E-state index in [4.69, 9.17) is 11.6 Å². The number of hydrazine groups is 1. The highest BCUT2D eigenvalue weighted by Gasteiger charge is 2.23. The van der Waals surface area contributed by atoms with Gasteiger partial charge in [0.25, 0.3) is 15.7 Å². The first kappa shape index (κ1) is 14.8. The van der Waals surface area contributed by atoms with E-state index in [1.807, 2.05) is 0 Å². The predicted molar refractivity (Wildman–Crippen MR) is 66.9 cm³/mol. The minimum atomic E-state index is -3.85. The molecule has 0 aliphatic heterocycles. The van der Waals surface area contributed by atoms with E-state index in [1.165, 1.54) is 32.1 Å². The molecule has 0 saturated heterocycles. The van der Waals surface area contributed by atoms with Gasteiger partial charge in [0, 0.05) is 20.2 Å². The van der Waals surface area contributed by atoms with E-state index in [1.54, 1.807) is 0 Å². The van der Waals surface area contributed by atoms with Crippen molar-refractivity contribution >= 4 is 27.3 Å². The number of rotatable bonds is 4. The van der Waals surface area contributed by atoms with Crippen LogP contribution >= 0.6 is 11.6 Å². The molecule has 0 bridgehead atoms. The normalized spacial score (nSPS) is 11.8. The van der Waals surface area contributed by atoms with Crippen LogP contribution in [0.3, 0.4) is 0 Å². The van der Waals surface area contributed by atoms with Crippen molar-refractivity contribution in [3.05, 3.63) is 32.8 Å². The van der Waals surface area contributed by atoms with Gasteiger partial charge in [0.05, 0.1) is 9.82 Å². The number of nitrogens with zero attached hydrogens (tertiary/aromatic N) is 2. The number of aryl methyl sites for hydroxylation is 1. The molecule has 0 aliphatic rings. The Kier molecular flexibility index (Phi) is 4.28. The van der Waals surface area contributed by atoms with Crippen molar-refractivity contribution in [1.29, 1.82) is 0 Å². The van der Waals surface area contributed by atoms with Crippen molar-refractivity contribution in [3.63, 3.8) is 0 Å². The highest BCUT2D eigenvalue weighted by Crippen LogP contribution is 2.29. The highest BCUT2D eigenvalue weighted by molar-refractivity contribution is 7.89. The van der Waals surface area contributed by atoms with Gasteiger partial charge < -0.3 is 0 Å². The van der Waals surface area contributed by atoms with Gasteiger partial charge in [-0.1, -0.05) is 11.6 Å². The Morgan fingerprint density at radius 3 is 2.39 bits per heavy atom. The maximum atomic E-state index is 11.9. The van der Waals surface area contributed by atoms with Crippen molar-refractivity contribution < 1.29 is 13.3 Å². The third-order valence-corrected chi connectivity index (χ3v) is 3.96. The summed E-state index contributed by atoms with van der Waals surface area (Å²) in [5, 5.41) is 11.9. The van der Waals surface area contributed by atoms with Gasteiger partial charge in [0.15, 0.2) is 0 Å². The van der Waals surface area contributed by atoms with Crippen molar-refractivity contribution in [3.8, 4) is 0 Å². The molecule has 1 aromatic rings. The Morgan fingerprint density at radius 2 is 1.94 bits per heavy atom. The van der Waals surface area contributed by atoms with E-state index in [9.17, 15) is 18.5 Å². The zero-order chi connectivity index (χ0) is 14.1. The molecule has 0 radical (unpaired) electrons. The minimum Gasteiger partial charge on any atom is -0.258 e. The van der Waals surface area contributed by atoms with E-state index in [2.05, 4.69) is 4.83 Å². The molecule has 0 unspecified atom stereocenters. The Morgan fingerprint density at radius 1 is 1.39 bits per heavy atom. The number of nitro groups is 1. The first-order valence-corrected chi connectivity index (χ1v) is 6.65. The summed E-state index contributed by atoms with van der Waals surface area (Å²) in [6.45, 7) is 1.51. The van der Waals surface area contributed by atoms with Crippen LogP contribution in [0.2, 0.25) is 5.02 Å². The average molecular weight is 294 g/mol. The molecule has 9 heteroatoms. The number of hydrogen-bond donors (Lipinski definition) is 1. The molecule has 1 aromatic carbocycles. The van der Waals surface area contributed by atoms with Crippen LogP contribution < -0.4 is 4.83 Å². The summed E-state index contributed by atoms with van der Waals surface area (Å²) in [5.41, 5.74) is -0.110. The quantitative estimate of drug-likeness (QED) is 0.667. The second-order valence-electron chi connectivity index (χ2n) is 3.82. The largest absolute Gasteiger partial charge is 0.289 e. The number of nitro benzene ring substituents is 1. The predicted octanol–water partition coefficient (Wildman–Crippen LogP) is 1.31. The topological polar surface area (TPSA) is 92.5 Å². The molecule has 7 nitrogen and oxygen atoms in total. The van der Waals surface area contributed by atoms with Gasteiger partial charge in [-0.25, -0.2) is 13.4 Å². The molecule has 0 aliphatic carbocycles. The van der Waals surface area contributed by atoms with Crippen LogP contribution in [0.1, 0.15) is 5.56 Å². The smallest absolute Gasteiger partial charge is 0.258 e. The Balaban J connectivity index is 3.42. The van der Waals surface area contributed by atoms with Crippen LogP contribution in [-0.4, -0.2) is 32.4 Å². The molecule has 0 atom stereocenters. The third-order valence-electron chi connectivity index (χ3n) is 2.03. The lowest BCUT2D eigenvalue weighted by Crippen LogP contribution is -2.36. The zero-order valence-corrected chi connectivity index (χ0v) is 11.5. The molecule has 18 heavy (non-hydrogen) atoms. The van der Waals surface area contributed by atoms with Crippen LogP contribution in [-0.2, 0) is 10.0 Å². The fraction of sp³-hybridized carbons (Fsp3) is 0.333. The van der Waals surface area contributed by atoms with Crippen LogP contribution in [0.15, 0.2) is 17.0 Å². The molecule has 1 N–H and O–H groups in total. The van der Waals surface area contributed by atoms with Crippen molar-refractivity contribution in [2.45, 2.75) is 11.8 Å². The Hall–Kier alpha value is -1.22. The summed E-state index contributed by atoms with van der Waals surface area (Å²) < 4.78 is 23.9. The standard InChI is InChI=1S/C9H12ClN3O4S/c1-6-4-7(10)8(13(14)15)5-9(6)18(16,17)11-12(2)3/h4-5,11H,1-3H3. The van der Waals surface area contributed by atoms with Gasteiger partial charge >= 0.3 is 0 Å². The van der Waals surface area contributed by atoms with E-state index in [-0.39, 0.29) is 9.92 Å². The van der Waals surface area contributed by atoms with E-state index >= 15 is 0 Å². The fourth-order valence-corrected chi connectivity index (χ4v) is 2.98. The van der Waals surface area contributed by atoms with Crippen LogP contribution in [0.4, 0.5) is 5.69 Å². The lowest BCUT2D eigenvalue weighted by Gasteiger charge is -2.14. The number of hydrogen-bond acceptors (Lipinski definition) is 5. The summed E-state index contributed by atoms with van der Waals surface area (Å²) in [6.07, 6.45) is 0. The van der Waals surface area contributed by atoms with Crippen molar-refractivity contribution in [1.82, 2.24) is 9.84 Å². The van der Waals surface area contributed by atoms with Crippen molar-refractivity contribution in [2.75, 3.05) is 14.1 Å². The number of nitrogens with one attached hydrogen (secondary N) is 1. The molecule has 0 fully saturated rings. The van der Waals surface area contributed by atoms with Gasteiger partial charge in [0.2, 0.25) is 0 Å². The molecule has 0 spiro atoms. The second kappa shape index (κ2) is 5.19.